The zero-order valence-corrected chi connectivity index (χ0v) is 13.3. The molecule has 1 heterocycles. The highest BCUT2D eigenvalue weighted by atomic mass is 35.5. The van der Waals surface area contributed by atoms with Gasteiger partial charge in [-0.15, -0.1) is 0 Å². The van der Waals surface area contributed by atoms with E-state index < -0.39 is 0 Å². The number of methoxy groups -OCH3 is 1. The van der Waals surface area contributed by atoms with Crippen LogP contribution in [0.3, 0.4) is 0 Å². The Morgan fingerprint density at radius 3 is 2.40 bits per heavy atom. The van der Waals surface area contributed by atoms with Crippen LogP contribution in [0.1, 0.15) is 29.4 Å². The average molecular weight is 291 g/mol. The van der Waals surface area contributed by atoms with Crippen LogP contribution in [0.25, 0.3) is 11.3 Å². The highest BCUT2D eigenvalue weighted by Crippen LogP contribution is 2.32. The fraction of sp³-hybridized carbons (Fsp3) is 0.375. The van der Waals surface area contributed by atoms with Crippen molar-refractivity contribution >= 4 is 11.6 Å². The second-order valence-electron chi connectivity index (χ2n) is 4.89. The molecule has 0 fully saturated rings. The summed E-state index contributed by atoms with van der Waals surface area (Å²) in [6.45, 7) is 8.06. The van der Waals surface area contributed by atoms with Gasteiger partial charge in [0.2, 0.25) is 0 Å². The first kappa shape index (κ1) is 14.8. The van der Waals surface area contributed by atoms with Crippen molar-refractivity contribution in [3.8, 4) is 17.0 Å². The summed E-state index contributed by atoms with van der Waals surface area (Å²) in [6.07, 6.45) is 0.765. The molecule has 106 valence electrons. The van der Waals surface area contributed by atoms with Crippen LogP contribution in [-0.2, 0) is 6.42 Å². The van der Waals surface area contributed by atoms with E-state index >= 15 is 0 Å². The van der Waals surface area contributed by atoms with Gasteiger partial charge in [0.15, 0.2) is 0 Å². The molecule has 3 nitrogen and oxygen atoms in total. The molecule has 0 bridgehead atoms. The number of benzene rings is 1. The predicted molar refractivity (Wildman–Crippen MR) is 82.6 cm³/mol. The van der Waals surface area contributed by atoms with E-state index in [-0.39, 0.29) is 0 Å². The maximum atomic E-state index is 6.22. The third kappa shape index (κ3) is 2.63. The maximum absolute atomic E-state index is 6.22. The molecule has 0 aliphatic carbocycles. The molecular weight excluding hydrogens is 272 g/mol. The van der Waals surface area contributed by atoms with Crippen LogP contribution in [0.15, 0.2) is 12.1 Å². The minimum atomic E-state index is 0.528. The number of hydrogen-bond donors (Lipinski definition) is 0. The molecule has 1 aromatic carbocycles. The van der Waals surface area contributed by atoms with E-state index in [1.54, 1.807) is 7.11 Å². The minimum Gasteiger partial charge on any atom is -0.496 e. The topological polar surface area (TPSA) is 35.0 Å². The van der Waals surface area contributed by atoms with Crippen LogP contribution >= 0.6 is 11.6 Å². The number of rotatable bonds is 3. The van der Waals surface area contributed by atoms with Gasteiger partial charge in [0.25, 0.3) is 0 Å². The van der Waals surface area contributed by atoms with Crippen LogP contribution in [0.5, 0.6) is 5.75 Å². The highest BCUT2D eigenvalue weighted by Gasteiger charge is 2.14. The average Bonchev–Trinajstić information content (AvgIpc) is 2.44. The molecule has 2 rings (SSSR count). The minimum absolute atomic E-state index is 0.528. The predicted octanol–water partition coefficient (Wildman–Crippen LogP) is 4.29. The molecule has 0 atom stereocenters. The molecule has 0 saturated carbocycles. The summed E-state index contributed by atoms with van der Waals surface area (Å²) in [5, 5.41) is 0.528. The molecule has 0 saturated heterocycles. The van der Waals surface area contributed by atoms with E-state index in [2.05, 4.69) is 23.0 Å². The Morgan fingerprint density at radius 2 is 1.80 bits per heavy atom. The second-order valence-corrected chi connectivity index (χ2v) is 5.25. The first-order chi connectivity index (χ1) is 9.47. The molecular formula is C16H19ClN2O. The van der Waals surface area contributed by atoms with Crippen molar-refractivity contribution in [2.45, 2.75) is 34.1 Å². The van der Waals surface area contributed by atoms with Crippen molar-refractivity contribution < 1.29 is 4.74 Å². The number of nitrogens with zero attached hydrogens (tertiary/aromatic N) is 2. The first-order valence-electron chi connectivity index (χ1n) is 6.66. The summed E-state index contributed by atoms with van der Waals surface area (Å²) in [5.41, 5.74) is 5.11. The van der Waals surface area contributed by atoms with Crippen molar-refractivity contribution in [3.05, 3.63) is 39.8 Å². The Bertz CT molecular complexity index is 653. The Morgan fingerprint density at radius 1 is 1.10 bits per heavy atom. The van der Waals surface area contributed by atoms with Gasteiger partial charge >= 0.3 is 0 Å². The molecule has 0 amide bonds. The molecule has 0 unspecified atom stereocenters. The summed E-state index contributed by atoms with van der Waals surface area (Å²) >= 11 is 6.22. The Balaban J connectivity index is 2.68. The van der Waals surface area contributed by atoms with Gasteiger partial charge in [-0.2, -0.15) is 0 Å². The van der Waals surface area contributed by atoms with E-state index in [0.29, 0.717) is 5.15 Å². The van der Waals surface area contributed by atoms with Gasteiger partial charge in [-0.1, -0.05) is 18.5 Å². The summed E-state index contributed by atoms with van der Waals surface area (Å²) < 4.78 is 5.36. The lowest BCUT2D eigenvalue weighted by Crippen LogP contribution is -2.01. The molecule has 0 radical (unpaired) electrons. The SMILES string of the molecule is CCc1nc(Cl)c(C)c(-c2cc(C)c(OC)cc2C)n1. The van der Waals surface area contributed by atoms with Gasteiger partial charge < -0.3 is 4.74 Å². The van der Waals surface area contributed by atoms with Crippen molar-refractivity contribution in [2.75, 3.05) is 7.11 Å². The van der Waals surface area contributed by atoms with Crippen LogP contribution in [-0.4, -0.2) is 17.1 Å². The fourth-order valence-electron chi connectivity index (χ4n) is 2.22. The maximum Gasteiger partial charge on any atom is 0.136 e. The number of aryl methyl sites for hydroxylation is 3. The first-order valence-corrected chi connectivity index (χ1v) is 7.04. The molecule has 4 heteroatoms. The number of aromatic nitrogens is 2. The molecule has 2 aromatic rings. The van der Waals surface area contributed by atoms with Crippen LogP contribution in [0.4, 0.5) is 0 Å². The van der Waals surface area contributed by atoms with Crippen molar-refractivity contribution in [1.82, 2.24) is 9.97 Å². The smallest absolute Gasteiger partial charge is 0.136 e. The summed E-state index contributed by atoms with van der Waals surface area (Å²) in [5.74, 6) is 1.66. The van der Waals surface area contributed by atoms with E-state index in [4.69, 9.17) is 16.3 Å². The quantitative estimate of drug-likeness (QED) is 0.791. The van der Waals surface area contributed by atoms with E-state index in [1.807, 2.05) is 26.8 Å². The molecule has 0 N–H and O–H groups in total. The van der Waals surface area contributed by atoms with E-state index in [0.717, 1.165) is 45.9 Å². The van der Waals surface area contributed by atoms with Gasteiger partial charge in [-0.3, -0.25) is 0 Å². The fourth-order valence-corrected chi connectivity index (χ4v) is 2.40. The van der Waals surface area contributed by atoms with Gasteiger partial charge in [0.05, 0.1) is 12.8 Å². The standard InChI is InChI=1S/C16H19ClN2O/c1-6-14-18-15(11(4)16(17)19-14)12-7-10(3)13(20-5)8-9(12)2/h7-8H,6H2,1-5H3. The lowest BCUT2D eigenvalue weighted by Gasteiger charge is -2.14. The zero-order valence-electron chi connectivity index (χ0n) is 12.5. The Labute approximate surface area is 125 Å². The summed E-state index contributed by atoms with van der Waals surface area (Å²) in [4.78, 5) is 8.94. The third-order valence-corrected chi connectivity index (χ3v) is 3.81. The van der Waals surface area contributed by atoms with Crippen LogP contribution in [0, 0.1) is 20.8 Å². The molecule has 0 spiro atoms. The van der Waals surface area contributed by atoms with Gasteiger partial charge in [0, 0.05) is 17.5 Å². The molecule has 0 aliphatic rings. The van der Waals surface area contributed by atoms with Crippen molar-refractivity contribution in [3.63, 3.8) is 0 Å². The normalized spacial score (nSPS) is 10.7. The Kier molecular flexibility index (Phi) is 4.29. The zero-order chi connectivity index (χ0) is 14.9. The van der Waals surface area contributed by atoms with E-state index in [1.165, 1.54) is 0 Å². The lowest BCUT2D eigenvalue weighted by atomic mass is 9.99. The number of hydrogen-bond acceptors (Lipinski definition) is 3. The monoisotopic (exact) mass is 290 g/mol. The van der Waals surface area contributed by atoms with E-state index in [9.17, 15) is 0 Å². The lowest BCUT2D eigenvalue weighted by molar-refractivity contribution is 0.411. The van der Waals surface area contributed by atoms with Gasteiger partial charge in [-0.25, -0.2) is 9.97 Å². The largest absolute Gasteiger partial charge is 0.496 e. The molecule has 20 heavy (non-hydrogen) atoms. The van der Waals surface area contributed by atoms with Crippen molar-refractivity contribution in [2.24, 2.45) is 0 Å². The number of ether oxygens (including phenoxy) is 1. The van der Waals surface area contributed by atoms with Crippen LogP contribution in [0.2, 0.25) is 5.15 Å². The third-order valence-electron chi connectivity index (χ3n) is 3.45. The highest BCUT2D eigenvalue weighted by molar-refractivity contribution is 6.30. The second kappa shape index (κ2) is 5.80. The molecule has 0 aliphatic heterocycles. The van der Waals surface area contributed by atoms with Gasteiger partial charge in [-0.05, 0) is 44.0 Å². The van der Waals surface area contributed by atoms with Gasteiger partial charge in [0.1, 0.15) is 16.7 Å². The number of halogens is 1. The van der Waals surface area contributed by atoms with Crippen LogP contribution < -0.4 is 4.74 Å². The Hall–Kier alpha value is -1.61. The summed E-state index contributed by atoms with van der Waals surface area (Å²) in [7, 11) is 1.68. The van der Waals surface area contributed by atoms with Crippen molar-refractivity contribution in [1.29, 1.82) is 0 Å². The summed E-state index contributed by atoms with van der Waals surface area (Å²) in [6, 6.07) is 4.13. The molecule has 1 aromatic heterocycles.